The molecule has 0 aromatic carbocycles. The number of nitrogens with zero attached hydrogens (tertiary/aromatic N) is 1. The van der Waals surface area contributed by atoms with Crippen molar-refractivity contribution in [2.24, 2.45) is 0 Å². The van der Waals surface area contributed by atoms with Crippen LogP contribution < -0.4 is 5.32 Å². The van der Waals surface area contributed by atoms with Gasteiger partial charge in [-0.3, -0.25) is 14.5 Å². The Kier molecular flexibility index (Phi) is 6.47. The van der Waals surface area contributed by atoms with Gasteiger partial charge in [-0.15, -0.1) is 0 Å². The number of aliphatic carboxylic acids is 1. The second-order valence-corrected chi connectivity index (χ2v) is 5.81. The number of amides is 1. The van der Waals surface area contributed by atoms with E-state index < -0.39 is 12.0 Å². The molecule has 1 amide bonds. The minimum atomic E-state index is -0.867. The number of nitrogens with one attached hydrogen (secondary N) is 1. The molecule has 0 saturated carbocycles. The number of carboxylic acid groups (broad SMARTS) is 1. The van der Waals surface area contributed by atoms with Gasteiger partial charge in [0.15, 0.2) is 0 Å². The molecule has 5 nitrogen and oxygen atoms in total. The normalized spacial score (nSPS) is 12.4. The van der Waals surface area contributed by atoms with Gasteiger partial charge >= 0.3 is 5.97 Å². The first kappa shape index (κ1) is 16.1. The van der Waals surface area contributed by atoms with E-state index in [1.54, 1.807) is 18.3 Å². The second kappa shape index (κ2) is 7.62. The van der Waals surface area contributed by atoms with Crippen LogP contribution in [0.25, 0.3) is 0 Å². The lowest BCUT2D eigenvalue weighted by molar-refractivity contribution is -0.142. The van der Waals surface area contributed by atoms with Crippen LogP contribution in [0.2, 0.25) is 0 Å². The molecule has 0 fully saturated rings. The molecule has 0 aliphatic rings. The maximum absolute atomic E-state index is 11.1. The van der Waals surface area contributed by atoms with Gasteiger partial charge in [0, 0.05) is 36.4 Å². The Hall–Kier alpha value is -0.920. The van der Waals surface area contributed by atoms with Crippen LogP contribution in [0.15, 0.2) is 15.2 Å². The first-order valence-corrected chi connectivity index (χ1v) is 7.57. The lowest BCUT2D eigenvalue weighted by Gasteiger charge is -2.26. The van der Waals surface area contributed by atoms with Crippen molar-refractivity contribution >= 4 is 39.1 Å². The zero-order valence-corrected chi connectivity index (χ0v) is 13.3. The predicted octanol–water partition coefficient (Wildman–Crippen LogP) is 1.92. The molecule has 1 aromatic heterocycles. The number of hydrogen-bond donors (Lipinski definition) is 2. The number of halogens is 1. The van der Waals surface area contributed by atoms with Gasteiger partial charge in [-0.05, 0) is 33.8 Å². The van der Waals surface area contributed by atoms with E-state index in [1.165, 1.54) is 6.92 Å². The molecule has 0 aliphatic carbocycles. The van der Waals surface area contributed by atoms with Crippen LogP contribution in [0, 0.1) is 0 Å². The van der Waals surface area contributed by atoms with E-state index in [0.717, 1.165) is 10.0 Å². The molecule has 1 aromatic rings. The smallest absolute Gasteiger partial charge is 0.320 e. The molecule has 0 aliphatic heterocycles. The monoisotopic (exact) mass is 348 g/mol. The highest BCUT2D eigenvalue weighted by Gasteiger charge is 2.21. The molecular formula is C12H17BrN2O3S. The van der Waals surface area contributed by atoms with Gasteiger partial charge < -0.3 is 10.4 Å². The molecule has 0 bridgehead atoms. The van der Waals surface area contributed by atoms with Gasteiger partial charge in [0.05, 0.1) is 0 Å². The van der Waals surface area contributed by atoms with Crippen LogP contribution in [0.1, 0.15) is 19.4 Å². The van der Waals surface area contributed by atoms with Gasteiger partial charge in [0.25, 0.3) is 0 Å². The van der Waals surface area contributed by atoms with Crippen LogP contribution in [-0.2, 0) is 16.1 Å². The van der Waals surface area contributed by atoms with Gasteiger partial charge in [0.1, 0.15) is 6.04 Å². The van der Waals surface area contributed by atoms with E-state index in [2.05, 4.69) is 21.2 Å². The summed E-state index contributed by atoms with van der Waals surface area (Å²) in [5, 5.41) is 15.8. The standard InChI is InChI=1S/C12H17BrN2O3S/c1-8(12(17)18)15(4-3-14-9(2)16)5-10-6-19-7-11(10)13/h6-8H,3-5H2,1-2H3,(H,14,16)(H,17,18). The van der Waals surface area contributed by atoms with E-state index >= 15 is 0 Å². The molecule has 106 valence electrons. The molecule has 1 heterocycles. The molecule has 1 unspecified atom stereocenters. The van der Waals surface area contributed by atoms with Crippen molar-refractivity contribution in [1.82, 2.24) is 10.2 Å². The second-order valence-electron chi connectivity index (χ2n) is 4.21. The van der Waals surface area contributed by atoms with E-state index in [1.807, 2.05) is 15.7 Å². The topological polar surface area (TPSA) is 69.6 Å². The summed E-state index contributed by atoms with van der Waals surface area (Å²) in [5.74, 6) is -0.978. The Bertz CT molecular complexity index is 450. The third-order valence-corrected chi connectivity index (χ3v) is 4.57. The van der Waals surface area contributed by atoms with Crippen molar-refractivity contribution in [2.45, 2.75) is 26.4 Å². The summed E-state index contributed by atoms with van der Waals surface area (Å²) < 4.78 is 0.986. The number of carbonyl (C=O) groups excluding carboxylic acids is 1. The maximum atomic E-state index is 11.1. The summed E-state index contributed by atoms with van der Waals surface area (Å²) in [5.41, 5.74) is 1.06. The first-order chi connectivity index (χ1) is 8.91. The lowest BCUT2D eigenvalue weighted by atomic mass is 10.2. The minimum Gasteiger partial charge on any atom is -0.480 e. The van der Waals surface area contributed by atoms with Gasteiger partial charge in [-0.2, -0.15) is 11.3 Å². The predicted molar refractivity (Wildman–Crippen MR) is 78.2 cm³/mol. The van der Waals surface area contributed by atoms with E-state index in [-0.39, 0.29) is 5.91 Å². The highest BCUT2D eigenvalue weighted by Crippen LogP contribution is 2.23. The summed E-state index contributed by atoms with van der Waals surface area (Å²) in [6, 6.07) is -0.597. The SMILES string of the molecule is CC(=O)NCCN(Cc1cscc1Br)C(C)C(=O)O. The Labute approximate surface area is 124 Å². The van der Waals surface area contributed by atoms with Crippen LogP contribution >= 0.6 is 27.3 Å². The van der Waals surface area contributed by atoms with Gasteiger partial charge in [-0.25, -0.2) is 0 Å². The summed E-state index contributed by atoms with van der Waals surface area (Å²) in [6.07, 6.45) is 0. The number of rotatable bonds is 7. The van der Waals surface area contributed by atoms with Gasteiger partial charge in [-0.1, -0.05) is 0 Å². The lowest BCUT2D eigenvalue weighted by Crippen LogP contribution is -2.42. The summed E-state index contributed by atoms with van der Waals surface area (Å²) in [7, 11) is 0. The Morgan fingerprint density at radius 3 is 2.68 bits per heavy atom. The Morgan fingerprint density at radius 2 is 2.21 bits per heavy atom. The average Bonchev–Trinajstić information content (AvgIpc) is 2.72. The van der Waals surface area contributed by atoms with Crippen LogP contribution in [0.3, 0.4) is 0 Å². The third-order valence-electron chi connectivity index (χ3n) is 2.74. The largest absolute Gasteiger partial charge is 0.480 e. The average molecular weight is 349 g/mol. The maximum Gasteiger partial charge on any atom is 0.320 e. The molecule has 7 heteroatoms. The molecule has 2 N–H and O–H groups in total. The van der Waals surface area contributed by atoms with Crippen molar-refractivity contribution in [1.29, 1.82) is 0 Å². The number of carbonyl (C=O) groups is 2. The van der Waals surface area contributed by atoms with Crippen LogP contribution in [0.5, 0.6) is 0 Å². The van der Waals surface area contributed by atoms with E-state index in [9.17, 15) is 9.59 Å². The van der Waals surface area contributed by atoms with Crippen molar-refractivity contribution in [3.05, 3.63) is 20.8 Å². The zero-order valence-electron chi connectivity index (χ0n) is 10.9. The summed E-state index contributed by atoms with van der Waals surface area (Å²) in [4.78, 5) is 23.8. The molecule has 1 rings (SSSR count). The van der Waals surface area contributed by atoms with Gasteiger partial charge in [0.2, 0.25) is 5.91 Å². The molecular weight excluding hydrogens is 332 g/mol. The minimum absolute atomic E-state index is 0.111. The number of thiophene rings is 1. The fourth-order valence-electron chi connectivity index (χ4n) is 1.58. The highest BCUT2D eigenvalue weighted by atomic mass is 79.9. The van der Waals surface area contributed by atoms with Crippen molar-refractivity contribution < 1.29 is 14.7 Å². The Morgan fingerprint density at radius 1 is 1.53 bits per heavy atom. The quantitative estimate of drug-likeness (QED) is 0.789. The molecule has 19 heavy (non-hydrogen) atoms. The fraction of sp³-hybridized carbons (Fsp3) is 0.500. The Balaban J connectivity index is 2.66. The summed E-state index contributed by atoms with van der Waals surface area (Å²) >= 11 is 5.01. The third kappa shape index (κ3) is 5.30. The van der Waals surface area contributed by atoms with Crippen LogP contribution in [0.4, 0.5) is 0 Å². The molecule has 1 atom stereocenters. The van der Waals surface area contributed by atoms with E-state index in [4.69, 9.17) is 5.11 Å². The highest BCUT2D eigenvalue weighted by molar-refractivity contribution is 9.10. The van der Waals surface area contributed by atoms with Crippen molar-refractivity contribution in [2.75, 3.05) is 13.1 Å². The number of hydrogen-bond acceptors (Lipinski definition) is 4. The van der Waals surface area contributed by atoms with Crippen LogP contribution in [-0.4, -0.2) is 41.0 Å². The first-order valence-electron chi connectivity index (χ1n) is 5.83. The summed E-state index contributed by atoms with van der Waals surface area (Å²) in [6.45, 7) is 4.57. The zero-order chi connectivity index (χ0) is 14.4. The van der Waals surface area contributed by atoms with Crippen molar-refractivity contribution in [3.8, 4) is 0 Å². The molecule has 0 radical (unpaired) electrons. The molecule has 0 spiro atoms. The van der Waals surface area contributed by atoms with E-state index in [0.29, 0.717) is 19.6 Å². The molecule has 0 saturated heterocycles. The number of carboxylic acids is 1. The fourth-order valence-corrected chi connectivity index (χ4v) is 3.00. The van der Waals surface area contributed by atoms with Crippen molar-refractivity contribution in [3.63, 3.8) is 0 Å².